The molecule has 0 saturated heterocycles. The molecule has 5 rings (SSSR count). The van der Waals surface area contributed by atoms with Crippen molar-refractivity contribution < 1.29 is 36.2 Å². The van der Waals surface area contributed by atoms with Crippen LogP contribution in [0.5, 0.6) is 0 Å². The quantitative estimate of drug-likeness (QED) is 0.570. The molecule has 192 valence electrons. The number of dihydropyridines is 1. The van der Waals surface area contributed by atoms with Gasteiger partial charge in [-0.3, -0.25) is 9.67 Å². The number of aliphatic hydroxyl groups excluding tert-OH is 1. The second kappa shape index (κ2) is 8.77. The number of hydrogen-bond donors (Lipinski definition) is 2. The van der Waals surface area contributed by atoms with Crippen LogP contribution in [0.25, 0.3) is 11.3 Å². The van der Waals surface area contributed by atoms with Crippen LogP contribution in [-0.2, 0) is 17.1 Å². The van der Waals surface area contributed by atoms with Gasteiger partial charge in [0.05, 0.1) is 29.5 Å². The first-order valence-electron chi connectivity index (χ1n) is 11.3. The number of benzene rings is 1. The summed E-state index contributed by atoms with van der Waals surface area (Å²) in [6, 6.07) is 1.44. The molecule has 0 amide bonds. The van der Waals surface area contributed by atoms with Gasteiger partial charge in [-0.05, 0) is 50.0 Å². The maximum absolute atomic E-state index is 13.3. The van der Waals surface area contributed by atoms with Gasteiger partial charge in [0.15, 0.2) is 6.10 Å². The minimum atomic E-state index is -4.98. The number of nitrogens with zero attached hydrogens (tertiary/aromatic N) is 3. The SMILES string of the molecule is NC1N=CC(c2cnn(C3CCC(O)CC3)c2)=C2C=C(c3cc(C(F)(F)F)cc(C(F)(F)F)c3)OC21. The standard InChI is InChI=1S/C24H22F6N4O2/c25-23(26,27)14-5-12(6-15(7-14)24(28,29)30)20-8-18-19(10-32-22(31)21(18)36-20)13-9-33-34(11-13)16-1-3-17(35)4-2-16/h5-11,16-17,21-22,35H,1-4,31H2. The molecule has 0 bridgehead atoms. The van der Waals surface area contributed by atoms with E-state index in [0.29, 0.717) is 41.7 Å². The number of aliphatic hydroxyl groups is 1. The van der Waals surface area contributed by atoms with Crippen molar-refractivity contribution in [2.75, 3.05) is 0 Å². The molecule has 1 fully saturated rings. The van der Waals surface area contributed by atoms with Gasteiger partial charge in [0.1, 0.15) is 11.9 Å². The Bertz CT molecular complexity index is 1220. The predicted molar refractivity (Wildman–Crippen MR) is 118 cm³/mol. The highest BCUT2D eigenvalue weighted by Gasteiger charge is 2.39. The molecule has 2 aliphatic heterocycles. The lowest BCUT2D eigenvalue weighted by Crippen LogP contribution is -2.36. The second-order valence-corrected chi connectivity index (χ2v) is 9.15. The minimum Gasteiger partial charge on any atom is -0.481 e. The Balaban J connectivity index is 1.53. The summed E-state index contributed by atoms with van der Waals surface area (Å²) in [7, 11) is 0. The second-order valence-electron chi connectivity index (χ2n) is 9.15. The Morgan fingerprint density at radius 3 is 2.19 bits per heavy atom. The van der Waals surface area contributed by atoms with Crippen molar-refractivity contribution in [3.05, 3.63) is 64.5 Å². The van der Waals surface area contributed by atoms with Crippen LogP contribution < -0.4 is 5.73 Å². The van der Waals surface area contributed by atoms with E-state index < -0.39 is 35.7 Å². The van der Waals surface area contributed by atoms with E-state index in [4.69, 9.17) is 10.5 Å². The molecule has 1 aliphatic carbocycles. The molecule has 2 atom stereocenters. The zero-order chi connectivity index (χ0) is 25.8. The van der Waals surface area contributed by atoms with Crippen LogP contribution in [0.3, 0.4) is 0 Å². The number of nitrogens with two attached hydrogens (primary N) is 1. The number of fused-ring (bicyclic) bond motifs is 1. The van der Waals surface area contributed by atoms with Crippen LogP contribution in [0.1, 0.15) is 54.0 Å². The fourth-order valence-corrected chi connectivity index (χ4v) is 4.74. The molecule has 2 aromatic rings. The van der Waals surface area contributed by atoms with E-state index in [1.807, 2.05) is 6.20 Å². The van der Waals surface area contributed by atoms with E-state index in [0.717, 1.165) is 12.8 Å². The summed E-state index contributed by atoms with van der Waals surface area (Å²) in [6.07, 6.45) is -2.82. The molecule has 1 aromatic heterocycles. The number of aromatic nitrogens is 2. The number of rotatable bonds is 3. The molecule has 1 aromatic carbocycles. The third-order valence-electron chi connectivity index (χ3n) is 6.67. The van der Waals surface area contributed by atoms with E-state index in [9.17, 15) is 31.4 Å². The van der Waals surface area contributed by atoms with Crippen LogP contribution in [0.4, 0.5) is 26.3 Å². The van der Waals surface area contributed by atoms with Crippen molar-refractivity contribution in [1.29, 1.82) is 0 Å². The summed E-state index contributed by atoms with van der Waals surface area (Å²) < 4.78 is 87.6. The molecule has 6 nitrogen and oxygen atoms in total. The van der Waals surface area contributed by atoms with Gasteiger partial charge in [-0.25, -0.2) is 0 Å². The molecule has 3 heterocycles. The van der Waals surface area contributed by atoms with Crippen LogP contribution in [0, 0.1) is 0 Å². The average molecular weight is 512 g/mol. The van der Waals surface area contributed by atoms with Crippen molar-refractivity contribution in [2.45, 2.75) is 62.5 Å². The topological polar surface area (TPSA) is 85.7 Å². The highest BCUT2D eigenvalue weighted by atomic mass is 19.4. The third kappa shape index (κ3) is 4.66. The van der Waals surface area contributed by atoms with Crippen molar-refractivity contribution in [3.63, 3.8) is 0 Å². The number of allylic oxidation sites excluding steroid dienone is 1. The Morgan fingerprint density at radius 2 is 1.58 bits per heavy atom. The van der Waals surface area contributed by atoms with Gasteiger partial charge in [-0.15, -0.1) is 0 Å². The molecule has 12 heteroatoms. The van der Waals surface area contributed by atoms with Crippen molar-refractivity contribution in [1.82, 2.24) is 9.78 Å². The summed E-state index contributed by atoms with van der Waals surface area (Å²) in [5.41, 5.74) is 4.55. The lowest BCUT2D eigenvalue weighted by atomic mass is 9.93. The van der Waals surface area contributed by atoms with Gasteiger partial charge in [0.2, 0.25) is 0 Å². The van der Waals surface area contributed by atoms with Gasteiger partial charge in [0.25, 0.3) is 0 Å². The van der Waals surface area contributed by atoms with Gasteiger partial charge in [0, 0.05) is 34.7 Å². The first-order valence-corrected chi connectivity index (χ1v) is 11.3. The number of hydrogen-bond acceptors (Lipinski definition) is 5. The number of aliphatic imine (C=N–C) groups is 1. The Labute approximate surface area is 201 Å². The van der Waals surface area contributed by atoms with Crippen LogP contribution in [-0.4, -0.2) is 39.5 Å². The zero-order valence-corrected chi connectivity index (χ0v) is 18.7. The van der Waals surface area contributed by atoms with Gasteiger partial charge in [-0.1, -0.05) is 0 Å². The maximum Gasteiger partial charge on any atom is 0.416 e. The van der Waals surface area contributed by atoms with E-state index in [1.54, 1.807) is 10.9 Å². The molecule has 3 N–H and O–H groups in total. The molecular formula is C24H22F6N4O2. The summed E-state index contributed by atoms with van der Waals surface area (Å²) in [5.74, 6) is -0.154. The van der Waals surface area contributed by atoms with E-state index >= 15 is 0 Å². The molecule has 0 spiro atoms. The number of ether oxygens (including phenoxy) is 1. The van der Waals surface area contributed by atoms with Gasteiger partial charge < -0.3 is 15.6 Å². The molecular weight excluding hydrogens is 490 g/mol. The van der Waals surface area contributed by atoms with Crippen molar-refractivity contribution in [3.8, 4) is 0 Å². The van der Waals surface area contributed by atoms with Gasteiger partial charge in [-0.2, -0.15) is 31.4 Å². The highest BCUT2D eigenvalue weighted by Crippen LogP contribution is 2.42. The Hall–Kier alpha value is -3.12. The normalized spacial score (nSPS) is 26.6. The molecule has 2 unspecified atom stereocenters. The molecule has 36 heavy (non-hydrogen) atoms. The third-order valence-corrected chi connectivity index (χ3v) is 6.67. The fraction of sp³-hybridized carbons (Fsp3) is 0.417. The van der Waals surface area contributed by atoms with Crippen LogP contribution in [0.2, 0.25) is 0 Å². The average Bonchev–Trinajstić information content (AvgIpc) is 3.47. The van der Waals surface area contributed by atoms with Crippen LogP contribution >= 0.6 is 0 Å². The summed E-state index contributed by atoms with van der Waals surface area (Å²) in [5, 5.41) is 14.2. The molecule has 1 saturated carbocycles. The van der Waals surface area contributed by atoms with Crippen LogP contribution in [0.15, 0.2) is 47.2 Å². The van der Waals surface area contributed by atoms with Crippen molar-refractivity contribution in [2.24, 2.45) is 10.7 Å². The molecule has 3 aliphatic rings. The fourth-order valence-electron chi connectivity index (χ4n) is 4.74. The summed E-state index contributed by atoms with van der Waals surface area (Å²) >= 11 is 0. The highest BCUT2D eigenvalue weighted by molar-refractivity contribution is 6.13. The summed E-state index contributed by atoms with van der Waals surface area (Å²) in [4.78, 5) is 4.21. The Morgan fingerprint density at radius 1 is 0.944 bits per heavy atom. The lowest BCUT2D eigenvalue weighted by molar-refractivity contribution is -0.143. The van der Waals surface area contributed by atoms with E-state index in [-0.39, 0.29) is 29.5 Å². The lowest BCUT2D eigenvalue weighted by Gasteiger charge is -2.25. The molecule has 0 radical (unpaired) electrons. The van der Waals surface area contributed by atoms with Gasteiger partial charge >= 0.3 is 12.4 Å². The Kier molecular flexibility index (Phi) is 5.98. The maximum atomic E-state index is 13.3. The first-order chi connectivity index (χ1) is 16.9. The largest absolute Gasteiger partial charge is 0.481 e. The number of halogens is 6. The van der Waals surface area contributed by atoms with E-state index in [2.05, 4.69) is 10.1 Å². The predicted octanol–water partition coefficient (Wildman–Crippen LogP) is 4.96. The van der Waals surface area contributed by atoms with Crippen molar-refractivity contribution >= 4 is 17.5 Å². The first kappa shape index (κ1) is 24.6. The monoisotopic (exact) mass is 512 g/mol. The zero-order valence-electron chi connectivity index (χ0n) is 18.7. The smallest absolute Gasteiger partial charge is 0.416 e. The number of alkyl halides is 6. The summed E-state index contributed by atoms with van der Waals surface area (Å²) in [6.45, 7) is 0. The minimum absolute atomic E-state index is 0.0737. The van der Waals surface area contributed by atoms with E-state index in [1.165, 1.54) is 12.3 Å².